The topological polar surface area (TPSA) is 26.0 Å². The molecule has 0 spiro atoms. The van der Waals surface area contributed by atoms with E-state index in [4.69, 9.17) is 0 Å². The monoisotopic (exact) mass is 231 g/mol. The van der Waals surface area contributed by atoms with Crippen molar-refractivity contribution in [2.45, 2.75) is 24.2 Å². The average Bonchev–Trinajstić information content (AvgIpc) is 2.03. The van der Waals surface area contributed by atoms with Crippen molar-refractivity contribution in [3.8, 4) is 0 Å². The minimum atomic E-state index is -6.18. The molecule has 0 radical (unpaired) electrons. The zero-order valence-corrected chi connectivity index (χ0v) is 6.39. The van der Waals surface area contributed by atoms with Gasteiger partial charge >= 0.3 is 24.2 Å². The van der Waals surface area contributed by atoms with Crippen LogP contribution in [-0.2, 0) is 0 Å². The highest BCUT2D eigenvalue weighted by Gasteiger charge is 2.74. The maximum Gasteiger partial charge on any atom is 0.379 e. The van der Waals surface area contributed by atoms with E-state index in [0.717, 1.165) is 0 Å². The Labute approximate surface area is 72.9 Å². The van der Waals surface area contributed by atoms with Gasteiger partial charge in [0, 0.05) is 0 Å². The predicted molar refractivity (Wildman–Crippen MR) is 29.9 cm³/mol. The molecule has 0 aromatic rings. The van der Waals surface area contributed by atoms with E-state index < -0.39 is 30.7 Å². The van der Waals surface area contributed by atoms with E-state index >= 15 is 0 Å². The zero-order valence-electron chi connectivity index (χ0n) is 6.39. The van der Waals surface area contributed by atoms with Crippen LogP contribution in [0.1, 0.15) is 0 Å². The molecule has 86 valence electrons. The minimum Gasteiger partial charge on any atom is -0.325 e. The Balaban J connectivity index is 5.14. The molecule has 0 fully saturated rings. The Morgan fingerprint density at radius 1 is 0.929 bits per heavy atom. The minimum absolute atomic E-state index is 2.15. The predicted octanol–water partition coefficient (Wildman–Crippen LogP) is 2.12. The Kier molecular flexibility index (Phi) is 3.37. The van der Waals surface area contributed by atoms with Crippen molar-refractivity contribution in [3.63, 3.8) is 0 Å². The fourth-order valence-electron chi connectivity index (χ4n) is 0.509. The lowest BCUT2D eigenvalue weighted by Gasteiger charge is -2.31. The first-order valence-electron chi connectivity index (χ1n) is 3.12. The Morgan fingerprint density at radius 3 is 1.50 bits per heavy atom. The highest BCUT2D eigenvalue weighted by molar-refractivity contribution is 4.98. The maximum atomic E-state index is 12.2. The summed E-state index contributed by atoms with van der Waals surface area (Å²) in [6, 6.07) is 0. The van der Waals surface area contributed by atoms with Crippen molar-refractivity contribution in [2.24, 2.45) is 5.73 Å². The van der Waals surface area contributed by atoms with Crippen molar-refractivity contribution in [1.29, 1.82) is 0 Å². The molecule has 0 saturated heterocycles. The summed E-state index contributed by atoms with van der Waals surface area (Å²) in [5.74, 6) is -17.7. The van der Waals surface area contributed by atoms with Gasteiger partial charge in [0.1, 0.15) is 0 Å². The molecule has 0 rings (SSSR count). The van der Waals surface area contributed by atoms with Crippen LogP contribution in [0.5, 0.6) is 0 Å². The van der Waals surface area contributed by atoms with Crippen LogP contribution in [0.4, 0.5) is 35.1 Å². The van der Waals surface area contributed by atoms with Crippen LogP contribution in [0, 0.1) is 0 Å². The molecule has 0 amide bonds. The lowest BCUT2D eigenvalue weighted by atomic mass is 10.1. The van der Waals surface area contributed by atoms with Crippen molar-refractivity contribution >= 4 is 0 Å². The second kappa shape index (κ2) is 3.52. The molecular formula is C5H5F8N. The second-order valence-electron chi connectivity index (χ2n) is 2.41. The lowest BCUT2D eigenvalue weighted by molar-refractivity contribution is -0.335. The summed E-state index contributed by atoms with van der Waals surface area (Å²) in [5, 5.41) is 0. The smallest absolute Gasteiger partial charge is 0.325 e. The standard InChI is InChI=1S/C5H5F8N/c6-2(7)4(10,11)5(12,13)3(8,9)1-14/h2H,1,14H2. The largest absolute Gasteiger partial charge is 0.379 e. The van der Waals surface area contributed by atoms with Gasteiger partial charge in [0.15, 0.2) is 0 Å². The van der Waals surface area contributed by atoms with Gasteiger partial charge in [0.2, 0.25) is 0 Å². The first-order valence-corrected chi connectivity index (χ1v) is 3.12. The van der Waals surface area contributed by atoms with E-state index in [0.29, 0.717) is 0 Å². The van der Waals surface area contributed by atoms with Crippen LogP contribution in [0.2, 0.25) is 0 Å². The van der Waals surface area contributed by atoms with Crippen LogP contribution in [0.25, 0.3) is 0 Å². The number of halogens is 8. The van der Waals surface area contributed by atoms with Gasteiger partial charge in [-0.2, -0.15) is 26.3 Å². The van der Waals surface area contributed by atoms with Gasteiger partial charge in [-0.1, -0.05) is 0 Å². The number of hydrogen-bond acceptors (Lipinski definition) is 1. The molecule has 0 aromatic heterocycles. The highest BCUT2D eigenvalue weighted by atomic mass is 19.4. The number of alkyl halides is 8. The first-order chi connectivity index (χ1) is 6.00. The molecular weight excluding hydrogens is 226 g/mol. The van der Waals surface area contributed by atoms with Gasteiger partial charge in [-0.05, 0) is 0 Å². The Morgan fingerprint density at radius 2 is 1.29 bits per heavy atom. The summed E-state index contributed by atoms with van der Waals surface area (Å²) < 4.78 is 95.2. The average molecular weight is 231 g/mol. The van der Waals surface area contributed by atoms with Crippen LogP contribution >= 0.6 is 0 Å². The molecule has 0 aliphatic rings. The summed E-state index contributed by atoms with van der Waals surface area (Å²) in [6.07, 6.45) is -4.89. The fourth-order valence-corrected chi connectivity index (χ4v) is 0.509. The second-order valence-corrected chi connectivity index (χ2v) is 2.41. The summed E-state index contributed by atoms with van der Waals surface area (Å²) in [6.45, 7) is -2.15. The molecule has 0 heterocycles. The number of hydrogen-bond donors (Lipinski definition) is 1. The zero-order chi connectivity index (χ0) is 11.8. The molecule has 0 aliphatic heterocycles. The molecule has 0 bridgehead atoms. The highest BCUT2D eigenvalue weighted by Crippen LogP contribution is 2.47. The molecule has 14 heavy (non-hydrogen) atoms. The summed E-state index contributed by atoms with van der Waals surface area (Å²) >= 11 is 0. The molecule has 0 aliphatic carbocycles. The van der Waals surface area contributed by atoms with Crippen molar-refractivity contribution < 1.29 is 35.1 Å². The van der Waals surface area contributed by atoms with Crippen LogP contribution in [0.15, 0.2) is 0 Å². The summed E-state index contributed by atoms with van der Waals surface area (Å²) in [7, 11) is 0. The molecule has 0 unspecified atom stereocenters. The van der Waals surface area contributed by atoms with E-state index in [1.165, 1.54) is 0 Å². The third-order valence-corrected chi connectivity index (χ3v) is 1.41. The van der Waals surface area contributed by atoms with Gasteiger partial charge in [0.05, 0.1) is 6.54 Å². The normalized spacial score (nSPS) is 15.0. The quantitative estimate of drug-likeness (QED) is 0.737. The van der Waals surface area contributed by atoms with E-state index in [2.05, 4.69) is 5.73 Å². The van der Waals surface area contributed by atoms with E-state index in [9.17, 15) is 35.1 Å². The third kappa shape index (κ3) is 1.77. The first kappa shape index (κ1) is 13.4. The molecule has 2 N–H and O–H groups in total. The molecule has 9 heteroatoms. The lowest BCUT2D eigenvalue weighted by Crippen LogP contribution is -2.60. The van der Waals surface area contributed by atoms with Crippen LogP contribution < -0.4 is 5.73 Å². The van der Waals surface area contributed by atoms with Gasteiger partial charge in [-0.15, -0.1) is 0 Å². The number of nitrogens with two attached hydrogens (primary N) is 1. The molecule has 0 atom stereocenters. The van der Waals surface area contributed by atoms with Gasteiger partial charge in [0.25, 0.3) is 0 Å². The molecule has 0 aromatic carbocycles. The van der Waals surface area contributed by atoms with E-state index in [-0.39, 0.29) is 0 Å². The van der Waals surface area contributed by atoms with E-state index in [1.54, 1.807) is 0 Å². The van der Waals surface area contributed by atoms with Gasteiger partial charge in [-0.25, -0.2) is 8.78 Å². The van der Waals surface area contributed by atoms with Crippen molar-refractivity contribution in [2.75, 3.05) is 6.54 Å². The van der Waals surface area contributed by atoms with Crippen LogP contribution in [0.3, 0.4) is 0 Å². The van der Waals surface area contributed by atoms with Gasteiger partial charge in [-0.3, -0.25) is 0 Å². The summed E-state index contributed by atoms with van der Waals surface area (Å²) in [5.41, 5.74) is 4.08. The third-order valence-electron chi connectivity index (χ3n) is 1.41. The Bertz CT molecular complexity index is 200. The van der Waals surface area contributed by atoms with Gasteiger partial charge < -0.3 is 5.73 Å². The maximum absolute atomic E-state index is 12.2. The number of rotatable bonds is 4. The van der Waals surface area contributed by atoms with Crippen LogP contribution in [-0.4, -0.2) is 30.7 Å². The van der Waals surface area contributed by atoms with Crippen molar-refractivity contribution in [1.82, 2.24) is 0 Å². The SMILES string of the molecule is NCC(F)(F)C(F)(F)C(F)(F)C(F)F. The molecule has 1 nitrogen and oxygen atoms in total. The Hall–Kier alpha value is -0.600. The fraction of sp³-hybridized carbons (Fsp3) is 1.00. The molecule has 0 saturated carbocycles. The summed E-state index contributed by atoms with van der Waals surface area (Å²) in [4.78, 5) is 0. The van der Waals surface area contributed by atoms with E-state index in [1.807, 2.05) is 0 Å². The van der Waals surface area contributed by atoms with Crippen molar-refractivity contribution in [3.05, 3.63) is 0 Å².